The van der Waals surface area contributed by atoms with Crippen molar-refractivity contribution in [2.75, 3.05) is 19.5 Å². The maximum atomic E-state index is 12.8. The number of hydrogen-bond acceptors (Lipinski definition) is 4. The smallest absolute Gasteiger partial charge is 0.416 e. The summed E-state index contributed by atoms with van der Waals surface area (Å²) in [7, 11) is 2.94. The van der Waals surface area contributed by atoms with Crippen LogP contribution in [-0.2, 0) is 17.4 Å². The summed E-state index contributed by atoms with van der Waals surface area (Å²) in [6.07, 6.45) is -4.49. The predicted molar refractivity (Wildman–Crippen MR) is 92.4 cm³/mol. The lowest BCUT2D eigenvalue weighted by Crippen LogP contribution is -2.24. The molecule has 0 spiro atoms. The van der Waals surface area contributed by atoms with Crippen LogP contribution in [0.3, 0.4) is 0 Å². The van der Waals surface area contributed by atoms with Crippen molar-refractivity contribution >= 4 is 11.6 Å². The molecule has 8 heteroatoms. The average molecular weight is 378 g/mol. The summed E-state index contributed by atoms with van der Waals surface area (Å²) in [5.41, 5.74) is -0.313. The molecule has 2 aromatic rings. The van der Waals surface area contributed by atoms with E-state index in [1.807, 2.05) is 6.07 Å². The van der Waals surface area contributed by atoms with Gasteiger partial charge in [0.1, 0.15) is 17.4 Å². The molecule has 2 rings (SSSR count). The van der Waals surface area contributed by atoms with Gasteiger partial charge in [0.2, 0.25) is 5.91 Å². The van der Waals surface area contributed by atoms with Crippen LogP contribution in [0.25, 0.3) is 0 Å². The first-order valence-electron chi connectivity index (χ1n) is 7.87. The fourth-order valence-electron chi connectivity index (χ4n) is 2.44. The fraction of sp³-hybridized carbons (Fsp3) is 0.263. The van der Waals surface area contributed by atoms with Crippen LogP contribution in [0.4, 0.5) is 18.9 Å². The molecule has 0 fully saturated rings. The molecule has 2 aromatic carbocycles. The molecule has 0 saturated carbocycles. The Morgan fingerprint density at radius 2 is 1.93 bits per heavy atom. The zero-order valence-electron chi connectivity index (χ0n) is 14.6. The highest BCUT2D eigenvalue weighted by Gasteiger charge is 2.30. The molecule has 5 nitrogen and oxygen atoms in total. The van der Waals surface area contributed by atoms with E-state index in [1.54, 1.807) is 18.2 Å². The second-order valence-electron chi connectivity index (χ2n) is 5.63. The van der Waals surface area contributed by atoms with E-state index in [0.717, 1.165) is 12.1 Å². The van der Waals surface area contributed by atoms with Crippen molar-refractivity contribution in [2.24, 2.45) is 5.92 Å². The number of anilines is 1. The van der Waals surface area contributed by atoms with E-state index in [0.29, 0.717) is 17.1 Å². The molecule has 0 bridgehead atoms. The van der Waals surface area contributed by atoms with E-state index in [-0.39, 0.29) is 12.1 Å². The second kappa shape index (κ2) is 8.45. The van der Waals surface area contributed by atoms with Gasteiger partial charge in [0, 0.05) is 18.2 Å². The highest BCUT2D eigenvalue weighted by Crippen LogP contribution is 2.31. The first-order valence-corrected chi connectivity index (χ1v) is 7.87. The molecular weight excluding hydrogens is 361 g/mol. The van der Waals surface area contributed by atoms with Gasteiger partial charge in [-0.2, -0.15) is 18.4 Å². The molecule has 142 valence electrons. The third kappa shape index (κ3) is 5.14. The number of alkyl halides is 3. The lowest BCUT2D eigenvalue weighted by Gasteiger charge is -2.14. The molecule has 1 atom stereocenters. The number of carbonyl (C=O) groups is 1. The lowest BCUT2D eigenvalue weighted by molar-refractivity contribution is -0.137. The Kier molecular flexibility index (Phi) is 6.29. The second-order valence-corrected chi connectivity index (χ2v) is 5.63. The number of hydrogen-bond donors (Lipinski definition) is 1. The third-order valence-electron chi connectivity index (χ3n) is 3.85. The number of halogens is 3. The van der Waals surface area contributed by atoms with Gasteiger partial charge in [-0.3, -0.25) is 4.79 Å². The summed E-state index contributed by atoms with van der Waals surface area (Å²) in [4.78, 5) is 12.4. The molecule has 0 aliphatic heterocycles. The molecule has 0 heterocycles. The third-order valence-corrected chi connectivity index (χ3v) is 3.85. The Bertz CT molecular complexity index is 860. The predicted octanol–water partition coefficient (Wildman–Crippen LogP) is 4.04. The van der Waals surface area contributed by atoms with Crippen molar-refractivity contribution in [1.82, 2.24) is 0 Å². The summed E-state index contributed by atoms with van der Waals surface area (Å²) < 4.78 is 48.7. The first kappa shape index (κ1) is 20.1. The van der Waals surface area contributed by atoms with Crippen LogP contribution < -0.4 is 14.8 Å². The van der Waals surface area contributed by atoms with E-state index in [4.69, 9.17) is 9.47 Å². The van der Waals surface area contributed by atoms with E-state index in [9.17, 15) is 23.2 Å². The Morgan fingerprint density at radius 3 is 2.52 bits per heavy atom. The number of carbonyl (C=O) groups excluding carboxylic acids is 1. The van der Waals surface area contributed by atoms with Crippen LogP contribution in [0.15, 0.2) is 42.5 Å². The summed E-state index contributed by atoms with van der Waals surface area (Å²) in [6, 6.07) is 11.1. The number of nitrogens with one attached hydrogen (secondary N) is 1. The summed E-state index contributed by atoms with van der Waals surface area (Å²) in [5.74, 6) is -0.810. The number of rotatable bonds is 6. The van der Waals surface area contributed by atoms with E-state index >= 15 is 0 Å². The van der Waals surface area contributed by atoms with Crippen molar-refractivity contribution < 1.29 is 27.4 Å². The van der Waals surface area contributed by atoms with Gasteiger partial charge in [-0.15, -0.1) is 0 Å². The number of ether oxygens (including phenoxy) is 2. The molecule has 0 aliphatic rings. The molecule has 1 amide bonds. The molecular formula is C19H17F3N2O3. The van der Waals surface area contributed by atoms with Crippen LogP contribution in [0, 0.1) is 17.2 Å². The van der Waals surface area contributed by atoms with E-state index < -0.39 is 23.6 Å². The zero-order chi connectivity index (χ0) is 20.0. The summed E-state index contributed by atoms with van der Waals surface area (Å²) in [5, 5.41) is 11.7. The minimum atomic E-state index is -4.52. The fourth-order valence-corrected chi connectivity index (χ4v) is 2.44. The van der Waals surface area contributed by atoms with Gasteiger partial charge in [0.25, 0.3) is 0 Å². The van der Waals surface area contributed by atoms with E-state index in [1.165, 1.54) is 26.4 Å². The van der Waals surface area contributed by atoms with Gasteiger partial charge in [-0.25, -0.2) is 0 Å². The average Bonchev–Trinajstić information content (AvgIpc) is 2.65. The SMILES string of the molecule is COc1ccc(C[C@H](C#N)C(=O)Nc2cccc(C(F)(F)F)c2)c(OC)c1. The van der Waals surface area contributed by atoms with E-state index in [2.05, 4.69) is 5.32 Å². The molecule has 27 heavy (non-hydrogen) atoms. The number of amides is 1. The molecule has 0 aliphatic carbocycles. The quantitative estimate of drug-likeness (QED) is 0.823. The molecule has 1 N–H and O–H groups in total. The Balaban J connectivity index is 2.17. The number of methoxy groups -OCH3 is 2. The first-order chi connectivity index (χ1) is 12.8. The van der Waals surface area contributed by atoms with Crippen molar-refractivity contribution in [1.29, 1.82) is 5.26 Å². The Labute approximate surface area is 154 Å². The minimum Gasteiger partial charge on any atom is -0.497 e. The largest absolute Gasteiger partial charge is 0.497 e. The van der Waals surface area contributed by atoms with Gasteiger partial charge in [-0.05, 0) is 29.8 Å². The van der Waals surface area contributed by atoms with Crippen LogP contribution in [0.2, 0.25) is 0 Å². The maximum Gasteiger partial charge on any atom is 0.416 e. The molecule has 0 unspecified atom stereocenters. The van der Waals surface area contributed by atoms with Crippen LogP contribution in [0.1, 0.15) is 11.1 Å². The van der Waals surface area contributed by atoms with Crippen molar-refractivity contribution in [2.45, 2.75) is 12.6 Å². The molecule has 0 saturated heterocycles. The van der Waals surface area contributed by atoms with Gasteiger partial charge in [-0.1, -0.05) is 12.1 Å². The Hall–Kier alpha value is -3.21. The monoisotopic (exact) mass is 378 g/mol. The highest BCUT2D eigenvalue weighted by atomic mass is 19.4. The van der Waals surface area contributed by atoms with Crippen LogP contribution >= 0.6 is 0 Å². The van der Waals surface area contributed by atoms with Gasteiger partial charge in [0.05, 0.1) is 25.9 Å². The molecule has 0 radical (unpaired) electrons. The number of benzene rings is 2. The summed E-state index contributed by atoms with van der Waals surface area (Å²) in [6.45, 7) is 0. The minimum absolute atomic E-state index is 0.0308. The van der Waals surface area contributed by atoms with Crippen LogP contribution in [0.5, 0.6) is 11.5 Å². The van der Waals surface area contributed by atoms with Gasteiger partial charge < -0.3 is 14.8 Å². The Morgan fingerprint density at radius 1 is 1.19 bits per heavy atom. The van der Waals surface area contributed by atoms with Crippen LogP contribution in [-0.4, -0.2) is 20.1 Å². The summed E-state index contributed by atoms with van der Waals surface area (Å²) >= 11 is 0. The standard InChI is InChI=1S/C19H17F3N2O3/c1-26-16-7-6-12(17(10-16)27-2)8-13(11-23)18(25)24-15-5-3-4-14(9-15)19(20,21)22/h3-7,9-10,13H,8H2,1-2H3,(H,24,25)/t13-/m1/s1. The van der Waals surface area contributed by atoms with Crippen molar-refractivity contribution in [3.8, 4) is 17.6 Å². The normalized spacial score (nSPS) is 12.0. The van der Waals surface area contributed by atoms with Crippen molar-refractivity contribution in [3.05, 3.63) is 53.6 Å². The van der Waals surface area contributed by atoms with Gasteiger partial charge in [0.15, 0.2) is 0 Å². The van der Waals surface area contributed by atoms with Crippen molar-refractivity contribution in [3.63, 3.8) is 0 Å². The zero-order valence-corrected chi connectivity index (χ0v) is 14.6. The van der Waals surface area contributed by atoms with Gasteiger partial charge >= 0.3 is 6.18 Å². The molecule has 0 aromatic heterocycles. The topological polar surface area (TPSA) is 71.3 Å². The number of nitrogens with zero attached hydrogens (tertiary/aromatic N) is 1. The maximum absolute atomic E-state index is 12.8. The highest BCUT2D eigenvalue weighted by molar-refractivity contribution is 5.94. The number of nitriles is 1. The lowest BCUT2D eigenvalue weighted by atomic mass is 9.98.